The van der Waals surface area contributed by atoms with E-state index < -0.39 is 9.84 Å². The van der Waals surface area contributed by atoms with Gasteiger partial charge in [-0.25, -0.2) is 8.42 Å². The van der Waals surface area contributed by atoms with Crippen LogP contribution in [0, 0.1) is 5.92 Å². The van der Waals surface area contributed by atoms with Crippen LogP contribution in [0.5, 0.6) is 5.75 Å². The Hall–Kier alpha value is -1.05. The molecule has 0 radical (unpaired) electrons. The van der Waals surface area contributed by atoms with E-state index in [1.807, 2.05) is 52.0 Å². The van der Waals surface area contributed by atoms with E-state index in [0.717, 1.165) is 11.2 Å². The minimum absolute atomic E-state index is 0.114. The molecule has 1 aromatic carbocycles. The summed E-state index contributed by atoms with van der Waals surface area (Å²) in [5.41, 5.74) is 0.229. The van der Waals surface area contributed by atoms with E-state index in [0.29, 0.717) is 6.61 Å². The van der Waals surface area contributed by atoms with Crippen LogP contribution in [0.1, 0.15) is 27.7 Å². The van der Waals surface area contributed by atoms with Crippen molar-refractivity contribution in [3.8, 4) is 5.75 Å². The van der Waals surface area contributed by atoms with Crippen molar-refractivity contribution in [3.05, 3.63) is 24.3 Å². The highest BCUT2D eigenvalue weighted by Gasteiger charge is 2.51. The van der Waals surface area contributed by atoms with E-state index >= 15 is 0 Å². The van der Waals surface area contributed by atoms with Crippen LogP contribution in [0.25, 0.3) is 0 Å². The molecule has 0 unspecified atom stereocenters. The lowest BCUT2D eigenvalue weighted by atomic mass is 9.79. The maximum Gasteiger partial charge on any atom is 0.494 e. The van der Waals surface area contributed by atoms with Crippen LogP contribution in [-0.2, 0) is 19.1 Å². The average molecular weight is 338 g/mol. The molecule has 1 aromatic rings. The summed E-state index contributed by atoms with van der Waals surface area (Å²) < 4.78 is 39.9. The van der Waals surface area contributed by atoms with Gasteiger partial charge in [0, 0.05) is 5.92 Å². The highest BCUT2D eigenvalue weighted by atomic mass is 32.2. The van der Waals surface area contributed by atoms with Crippen LogP contribution < -0.4 is 10.2 Å². The molecule has 0 N–H and O–H groups in total. The lowest BCUT2D eigenvalue weighted by molar-refractivity contribution is 0.00578. The second kappa shape index (κ2) is 5.50. The van der Waals surface area contributed by atoms with E-state index in [2.05, 4.69) is 0 Å². The summed E-state index contributed by atoms with van der Waals surface area (Å²) in [6, 6.07) is 7.59. The predicted octanol–water partition coefficient (Wildman–Crippen LogP) is 1.41. The molecule has 3 rings (SSSR count). The second-order valence-corrected chi connectivity index (χ2v) is 9.57. The van der Waals surface area contributed by atoms with Crippen molar-refractivity contribution in [2.45, 2.75) is 38.9 Å². The fourth-order valence-corrected chi connectivity index (χ4v) is 4.21. The summed E-state index contributed by atoms with van der Waals surface area (Å²) in [5, 5.41) is 0. The molecular formula is C16H23BO5S. The van der Waals surface area contributed by atoms with Crippen molar-refractivity contribution in [1.82, 2.24) is 0 Å². The predicted molar refractivity (Wildman–Crippen MR) is 89.8 cm³/mol. The molecule has 2 heterocycles. The highest BCUT2D eigenvalue weighted by Crippen LogP contribution is 2.36. The minimum Gasteiger partial charge on any atom is -0.493 e. The Kier molecular flexibility index (Phi) is 4.02. The number of sulfone groups is 1. The van der Waals surface area contributed by atoms with Crippen molar-refractivity contribution in [2.75, 3.05) is 18.1 Å². The van der Waals surface area contributed by atoms with Gasteiger partial charge >= 0.3 is 7.12 Å². The Balaban J connectivity index is 1.58. The van der Waals surface area contributed by atoms with Gasteiger partial charge in [0.2, 0.25) is 0 Å². The molecule has 0 atom stereocenters. The molecule has 0 saturated carbocycles. The quantitative estimate of drug-likeness (QED) is 0.777. The maximum atomic E-state index is 11.1. The standard InChI is InChI=1S/C16H23BO5S/c1-15(2)16(3,4)22-17(21-15)13-5-7-14(8-6-13)20-9-12-10-23(18,19)11-12/h5-8,12H,9-11H2,1-4H3. The molecule has 2 fully saturated rings. The molecule has 2 aliphatic heterocycles. The molecule has 5 nitrogen and oxygen atoms in total. The van der Waals surface area contributed by atoms with Gasteiger partial charge in [0.05, 0.1) is 29.3 Å². The largest absolute Gasteiger partial charge is 0.494 e. The Morgan fingerprint density at radius 1 is 1.09 bits per heavy atom. The monoisotopic (exact) mass is 338 g/mol. The SMILES string of the molecule is CC1(C)OB(c2ccc(OCC3CS(=O)(=O)C3)cc2)OC1(C)C. The van der Waals surface area contributed by atoms with Gasteiger partial charge in [-0.3, -0.25) is 0 Å². The molecular weight excluding hydrogens is 315 g/mol. The first kappa shape index (κ1) is 16.8. The lowest BCUT2D eigenvalue weighted by Crippen LogP contribution is -2.41. The molecule has 0 amide bonds. The van der Waals surface area contributed by atoms with E-state index in [4.69, 9.17) is 14.0 Å². The van der Waals surface area contributed by atoms with Gasteiger partial charge in [0.15, 0.2) is 9.84 Å². The normalized spacial score (nSPS) is 25.1. The fourth-order valence-electron chi connectivity index (χ4n) is 2.68. The second-order valence-electron chi connectivity index (χ2n) is 7.41. The molecule has 0 spiro atoms. The van der Waals surface area contributed by atoms with E-state index in [9.17, 15) is 8.42 Å². The third kappa shape index (κ3) is 3.41. The fraction of sp³-hybridized carbons (Fsp3) is 0.625. The van der Waals surface area contributed by atoms with Gasteiger partial charge in [0.1, 0.15) is 5.75 Å². The summed E-state index contributed by atoms with van der Waals surface area (Å²) in [5.74, 6) is 1.32. The van der Waals surface area contributed by atoms with Gasteiger partial charge in [0.25, 0.3) is 0 Å². The van der Waals surface area contributed by atoms with Gasteiger partial charge in [-0.1, -0.05) is 12.1 Å². The Morgan fingerprint density at radius 2 is 1.61 bits per heavy atom. The summed E-state index contributed by atoms with van der Waals surface area (Å²) in [6.07, 6.45) is 0. The first-order valence-corrected chi connectivity index (χ1v) is 9.69. The Bertz CT molecular complexity index is 653. The topological polar surface area (TPSA) is 61.8 Å². The lowest BCUT2D eigenvalue weighted by Gasteiger charge is -2.32. The molecule has 0 aliphatic carbocycles. The van der Waals surface area contributed by atoms with E-state index in [1.165, 1.54) is 0 Å². The van der Waals surface area contributed by atoms with Gasteiger partial charge < -0.3 is 14.0 Å². The van der Waals surface area contributed by atoms with Crippen molar-refractivity contribution < 1.29 is 22.5 Å². The number of ether oxygens (including phenoxy) is 1. The molecule has 126 valence electrons. The molecule has 0 aromatic heterocycles. The van der Waals surface area contributed by atoms with Crippen LogP contribution in [0.3, 0.4) is 0 Å². The summed E-state index contributed by atoms with van der Waals surface area (Å²) in [6.45, 7) is 8.54. The number of hydrogen-bond donors (Lipinski definition) is 0. The van der Waals surface area contributed by atoms with Gasteiger partial charge in [-0.15, -0.1) is 0 Å². The molecule has 2 aliphatic rings. The number of hydrogen-bond acceptors (Lipinski definition) is 5. The summed E-state index contributed by atoms with van der Waals surface area (Å²) >= 11 is 0. The molecule has 23 heavy (non-hydrogen) atoms. The van der Waals surface area contributed by atoms with Gasteiger partial charge in [-0.05, 0) is 45.3 Å². The van der Waals surface area contributed by atoms with Gasteiger partial charge in [-0.2, -0.15) is 0 Å². The highest BCUT2D eigenvalue weighted by molar-refractivity contribution is 7.92. The van der Waals surface area contributed by atoms with Crippen molar-refractivity contribution >= 4 is 22.4 Å². The zero-order valence-electron chi connectivity index (χ0n) is 14.0. The maximum absolute atomic E-state index is 11.1. The first-order valence-electron chi connectivity index (χ1n) is 7.87. The first-order chi connectivity index (χ1) is 10.6. The van der Waals surface area contributed by atoms with E-state index in [1.54, 1.807) is 0 Å². The Labute approximate surface area is 138 Å². The van der Waals surface area contributed by atoms with Crippen LogP contribution in [0.4, 0.5) is 0 Å². The molecule has 7 heteroatoms. The molecule has 0 bridgehead atoms. The smallest absolute Gasteiger partial charge is 0.493 e. The van der Waals surface area contributed by atoms with E-state index in [-0.39, 0.29) is 35.7 Å². The summed E-state index contributed by atoms with van der Waals surface area (Å²) in [7, 11) is -3.17. The van der Waals surface area contributed by atoms with Crippen molar-refractivity contribution in [2.24, 2.45) is 5.92 Å². The zero-order chi connectivity index (χ0) is 16.9. The Morgan fingerprint density at radius 3 is 2.09 bits per heavy atom. The van der Waals surface area contributed by atoms with Crippen LogP contribution in [-0.4, -0.2) is 44.9 Å². The average Bonchev–Trinajstić information content (AvgIpc) is 2.63. The zero-order valence-corrected chi connectivity index (χ0v) is 14.9. The van der Waals surface area contributed by atoms with Crippen LogP contribution in [0.15, 0.2) is 24.3 Å². The number of rotatable bonds is 4. The summed E-state index contributed by atoms with van der Waals surface area (Å²) in [4.78, 5) is 0. The third-order valence-electron chi connectivity index (χ3n) is 4.87. The van der Waals surface area contributed by atoms with Crippen LogP contribution >= 0.6 is 0 Å². The van der Waals surface area contributed by atoms with Crippen LogP contribution in [0.2, 0.25) is 0 Å². The number of benzene rings is 1. The van der Waals surface area contributed by atoms with Crippen molar-refractivity contribution in [3.63, 3.8) is 0 Å². The third-order valence-corrected chi connectivity index (χ3v) is 6.83. The minimum atomic E-state index is -2.79. The molecule has 2 saturated heterocycles. The van der Waals surface area contributed by atoms with Crippen molar-refractivity contribution in [1.29, 1.82) is 0 Å².